The molecule has 1 aromatic heterocycles. The van der Waals surface area contributed by atoms with E-state index in [0.29, 0.717) is 5.92 Å². The van der Waals surface area contributed by atoms with Crippen molar-refractivity contribution in [3.63, 3.8) is 0 Å². The first-order valence-electron chi connectivity index (χ1n) is 5.39. The molecule has 0 radical (unpaired) electrons. The fourth-order valence-electron chi connectivity index (χ4n) is 1.36. The second kappa shape index (κ2) is 4.45. The summed E-state index contributed by atoms with van der Waals surface area (Å²) in [5.74, 6) is 1.64. The van der Waals surface area contributed by atoms with Gasteiger partial charge in [-0.15, -0.1) is 0 Å². The lowest BCUT2D eigenvalue weighted by Crippen LogP contribution is -2.21. The molecular weight excluding hydrogens is 210 g/mol. The molecule has 1 unspecified atom stereocenters. The highest BCUT2D eigenvalue weighted by Gasteiger charge is 2.28. The van der Waals surface area contributed by atoms with E-state index in [9.17, 15) is 5.11 Å². The zero-order chi connectivity index (χ0) is 10.8. The highest BCUT2D eigenvalue weighted by atomic mass is 32.1. The van der Waals surface area contributed by atoms with Gasteiger partial charge in [0.15, 0.2) is 0 Å². The molecule has 0 bridgehead atoms. The number of hydrogen-bond donors (Lipinski definition) is 1. The molecule has 1 heterocycles. The number of hydrogen-bond acceptors (Lipinski definition) is 5. The fourth-order valence-corrected chi connectivity index (χ4v) is 2.10. The van der Waals surface area contributed by atoms with Crippen LogP contribution in [0.15, 0.2) is 0 Å². The predicted octanol–water partition coefficient (Wildman–Crippen LogP) is 1.62. The number of aliphatic hydroxyl groups excluding tert-OH is 1. The lowest BCUT2D eigenvalue weighted by Gasteiger charge is -2.15. The lowest BCUT2D eigenvalue weighted by molar-refractivity contribution is 0.187. The summed E-state index contributed by atoms with van der Waals surface area (Å²) < 4.78 is 4.35. The zero-order valence-electron chi connectivity index (χ0n) is 9.18. The molecular formula is C10H17N3OS. The third-order valence-electron chi connectivity index (χ3n) is 2.58. The molecule has 0 aromatic carbocycles. The highest BCUT2D eigenvalue weighted by Crippen LogP contribution is 2.39. The molecule has 0 saturated heterocycles. The summed E-state index contributed by atoms with van der Waals surface area (Å²) in [6.07, 6.45) is 3.01. The predicted molar refractivity (Wildman–Crippen MR) is 61.5 cm³/mol. The minimum Gasteiger partial charge on any atom is -0.393 e. The van der Waals surface area contributed by atoms with Crippen LogP contribution in [0.1, 0.15) is 37.9 Å². The van der Waals surface area contributed by atoms with Gasteiger partial charge < -0.3 is 10.0 Å². The Bertz CT molecular complexity index is 322. The Morgan fingerprint density at radius 3 is 2.93 bits per heavy atom. The molecule has 0 aliphatic heterocycles. The molecule has 1 fully saturated rings. The summed E-state index contributed by atoms with van der Waals surface area (Å²) in [7, 11) is 2.00. The van der Waals surface area contributed by atoms with Gasteiger partial charge in [-0.05, 0) is 26.2 Å². The second-order valence-corrected chi connectivity index (χ2v) is 5.00. The van der Waals surface area contributed by atoms with Crippen LogP contribution in [0.4, 0.5) is 5.13 Å². The van der Waals surface area contributed by atoms with Gasteiger partial charge in [-0.1, -0.05) is 0 Å². The van der Waals surface area contributed by atoms with Crippen molar-refractivity contribution in [1.29, 1.82) is 0 Å². The molecule has 4 nitrogen and oxygen atoms in total. The van der Waals surface area contributed by atoms with Crippen LogP contribution < -0.4 is 4.90 Å². The van der Waals surface area contributed by atoms with Gasteiger partial charge in [0.1, 0.15) is 5.82 Å². The van der Waals surface area contributed by atoms with Crippen molar-refractivity contribution >= 4 is 16.7 Å². The van der Waals surface area contributed by atoms with Crippen LogP contribution in [-0.4, -0.2) is 34.2 Å². The minimum absolute atomic E-state index is 0.247. The van der Waals surface area contributed by atoms with Crippen LogP contribution in [0.5, 0.6) is 0 Å². The maximum Gasteiger partial charge on any atom is 0.204 e. The second-order valence-electron chi connectivity index (χ2n) is 4.27. The van der Waals surface area contributed by atoms with E-state index in [1.807, 2.05) is 14.0 Å². The van der Waals surface area contributed by atoms with E-state index < -0.39 is 0 Å². The summed E-state index contributed by atoms with van der Waals surface area (Å²) in [5.41, 5.74) is 0. The standard InChI is InChI=1S/C10H17N3OS/c1-7(14)5-6-13(2)10-11-9(12-15-10)8-3-4-8/h7-8,14H,3-6H2,1-2H3. The molecule has 84 valence electrons. The summed E-state index contributed by atoms with van der Waals surface area (Å²) in [6, 6.07) is 0. The molecule has 2 rings (SSSR count). The monoisotopic (exact) mass is 227 g/mol. The van der Waals surface area contributed by atoms with Crippen molar-refractivity contribution in [3.8, 4) is 0 Å². The summed E-state index contributed by atoms with van der Waals surface area (Å²) in [4.78, 5) is 6.57. The maximum atomic E-state index is 9.19. The van der Waals surface area contributed by atoms with E-state index in [1.54, 1.807) is 0 Å². The van der Waals surface area contributed by atoms with Crippen molar-refractivity contribution in [1.82, 2.24) is 9.36 Å². The van der Waals surface area contributed by atoms with Crippen LogP contribution in [0.3, 0.4) is 0 Å². The van der Waals surface area contributed by atoms with E-state index in [-0.39, 0.29) is 6.10 Å². The first-order chi connectivity index (χ1) is 7.16. The van der Waals surface area contributed by atoms with E-state index in [1.165, 1.54) is 24.4 Å². The zero-order valence-corrected chi connectivity index (χ0v) is 10.00. The molecule has 1 atom stereocenters. The third kappa shape index (κ3) is 2.89. The maximum absolute atomic E-state index is 9.19. The molecule has 1 aromatic rings. The quantitative estimate of drug-likeness (QED) is 0.830. The largest absolute Gasteiger partial charge is 0.393 e. The van der Waals surface area contributed by atoms with Gasteiger partial charge in [-0.2, -0.15) is 4.37 Å². The van der Waals surface area contributed by atoms with Crippen molar-refractivity contribution in [2.75, 3.05) is 18.5 Å². The fraction of sp³-hybridized carbons (Fsp3) is 0.800. The minimum atomic E-state index is -0.247. The lowest BCUT2D eigenvalue weighted by atomic mass is 10.3. The third-order valence-corrected chi connectivity index (χ3v) is 3.43. The molecule has 1 saturated carbocycles. The van der Waals surface area contributed by atoms with E-state index in [4.69, 9.17) is 0 Å². The first kappa shape index (κ1) is 10.8. The molecule has 1 aliphatic rings. The molecule has 0 amide bonds. The molecule has 5 heteroatoms. The topological polar surface area (TPSA) is 49.2 Å². The molecule has 15 heavy (non-hydrogen) atoms. The summed E-state index contributed by atoms with van der Waals surface area (Å²) >= 11 is 1.46. The van der Waals surface area contributed by atoms with Gasteiger partial charge in [0, 0.05) is 31.0 Å². The van der Waals surface area contributed by atoms with Crippen molar-refractivity contribution in [2.24, 2.45) is 0 Å². The van der Waals surface area contributed by atoms with E-state index in [0.717, 1.165) is 23.9 Å². The van der Waals surface area contributed by atoms with Gasteiger partial charge in [-0.25, -0.2) is 4.98 Å². The van der Waals surface area contributed by atoms with Crippen molar-refractivity contribution in [3.05, 3.63) is 5.82 Å². The Balaban J connectivity index is 1.89. The summed E-state index contributed by atoms with van der Waals surface area (Å²) in [6.45, 7) is 2.64. The van der Waals surface area contributed by atoms with Crippen LogP contribution in [0, 0.1) is 0 Å². The SMILES string of the molecule is CC(O)CCN(C)c1nc(C2CC2)ns1. The van der Waals surface area contributed by atoms with Gasteiger partial charge in [0.05, 0.1) is 6.10 Å². The Kier molecular flexibility index (Phi) is 3.21. The van der Waals surface area contributed by atoms with E-state index >= 15 is 0 Å². The van der Waals surface area contributed by atoms with Gasteiger partial charge in [0.25, 0.3) is 0 Å². The number of aliphatic hydroxyl groups is 1. The molecule has 1 aliphatic carbocycles. The smallest absolute Gasteiger partial charge is 0.204 e. The highest BCUT2D eigenvalue weighted by molar-refractivity contribution is 7.09. The number of anilines is 1. The first-order valence-corrected chi connectivity index (χ1v) is 6.17. The molecule has 0 spiro atoms. The Morgan fingerprint density at radius 1 is 1.60 bits per heavy atom. The van der Waals surface area contributed by atoms with Crippen LogP contribution in [-0.2, 0) is 0 Å². The van der Waals surface area contributed by atoms with E-state index in [2.05, 4.69) is 14.3 Å². The average Bonchev–Trinajstić information content (AvgIpc) is 2.93. The number of nitrogens with zero attached hydrogens (tertiary/aromatic N) is 3. The van der Waals surface area contributed by atoms with Gasteiger partial charge in [-0.3, -0.25) is 0 Å². The Morgan fingerprint density at radius 2 is 2.33 bits per heavy atom. The average molecular weight is 227 g/mol. The summed E-state index contributed by atoms with van der Waals surface area (Å²) in [5, 5.41) is 10.2. The molecule has 1 N–H and O–H groups in total. The Labute approximate surface area is 94.1 Å². The van der Waals surface area contributed by atoms with Crippen LogP contribution >= 0.6 is 11.5 Å². The normalized spacial score (nSPS) is 17.8. The van der Waals surface area contributed by atoms with Crippen molar-refractivity contribution < 1.29 is 5.11 Å². The Hall–Kier alpha value is -0.680. The number of rotatable bonds is 5. The van der Waals surface area contributed by atoms with Crippen LogP contribution in [0.2, 0.25) is 0 Å². The van der Waals surface area contributed by atoms with Crippen molar-refractivity contribution in [2.45, 2.75) is 38.2 Å². The van der Waals surface area contributed by atoms with Gasteiger partial charge >= 0.3 is 0 Å². The van der Waals surface area contributed by atoms with Gasteiger partial charge in [0.2, 0.25) is 5.13 Å². The van der Waals surface area contributed by atoms with Crippen LogP contribution in [0.25, 0.3) is 0 Å². The number of aromatic nitrogens is 2.